The molecule has 128 valence electrons. The molecule has 0 saturated carbocycles. The molecule has 1 fully saturated rings. The Morgan fingerprint density at radius 2 is 1.96 bits per heavy atom. The van der Waals surface area contributed by atoms with Gasteiger partial charge in [-0.3, -0.25) is 4.79 Å². The predicted octanol–water partition coefficient (Wildman–Crippen LogP) is 3.64. The second-order valence-electron chi connectivity index (χ2n) is 6.96. The molecule has 1 aliphatic heterocycles. The first-order valence-corrected chi connectivity index (χ1v) is 8.71. The van der Waals surface area contributed by atoms with Crippen molar-refractivity contribution in [3.05, 3.63) is 29.8 Å². The molecule has 1 N–H and O–H groups in total. The van der Waals surface area contributed by atoms with Crippen molar-refractivity contribution in [1.29, 1.82) is 0 Å². The summed E-state index contributed by atoms with van der Waals surface area (Å²) in [4.78, 5) is 14.1. The molecule has 1 amide bonds. The molecule has 1 aromatic rings. The molecule has 4 heteroatoms. The molecule has 0 aliphatic carbocycles. The lowest BCUT2D eigenvalue weighted by Gasteiger charge is -2.34. The van der Waals surface area contributed by atoms with Gasteiger partial charge in [-0.25, -0.2) is 0 Å². The zero-order valence-electron chi connectivity index (χ0n) is 14.8. The molecule has 1 aromatic carbocycles. The SMILES string of the molecule is CC(C)OCC(=O)N1CCC[C@H](Nc2ccc(C(C)C)cc2)C1. The van der Waals surface area contributed by atoms with Crippen LogP contribution in [-0.4, -0.2) is 42.6 Å². The van der Waals surface area contributed by atoms with E-state index in [-0.39, 0.29) is 18.6 Å². The number of amides is 1. The van der Waals surface area contributed by atoms with Gasteiger partial charge in [0.2, 0.25) is 5.91 Å². The Labute approximate surface area is 140 Å². The highest BCUT2D eigenvalue weighted by atomic mass is 16.5. The molecule has 1 heterocycles. The van der Waals surface area contributed by atoms with Crippen molar-refractivity contribution in [3.8, 4) is 0 Å². The highest BCUT2D eigenvalue weighted by Crippen LogP contribution is 2.20. The smallest absolute Gasteiger partial charge is 0.248 e. The van der Waals surface area contributed by atoms with Crippen molar-refractivity contribution in [2.45, 2.75) is 58.6 Å². The van der Waals surface area contributed by atoms with Crippen LogP contribution in [0.5, 0.6) is 0 Å². The van der Waals surface area contributed by atoms with Gasteiger partial charge in [0, 0.05) is 24.8 Å². The molecule has 0 bridgehead atoms. The first-order chi connectivity index (χ1) is 11.0. The van der Waals surface area contributed by atoms with E-state index in [1.54, 1.807) is 0 Å². The summed E-state index contributed by atoms with van der Waals surface area (Å²) in [5, 5.41) is 3.56. The van der Waals surface area contributed by atoms with E-state index in [1.807, 2.05) is 18.7 Å². The molecule has 23 heavy (non-hydrogen) atoms. The van der Waals surface area contributed by atoms with E-state index in [0.717, 1.165) is 31.6 Å². The van der Waals surface area contributed by atoms with Gasteiger partial charge in [0.05, 0.1) is 6.10 Å². The summed E-state index contributed by atoms with van der Waals surface area (Å²) < 4.78 is 5.43. The van der Waals surface area contributed by atoms with Crippen molar-refractivity contribution >= 4 is 11.6 Å². The number of carbonyl (C=O) groups excluding carboxylic acids is 1. The number of rotatable bonds is 6. The quantitative estimate of drug-likeness (QED) is 0.870. The number of benzene rings is 1. The molecule has 0 radical (unpaired) electrons. The summed E-state index contributed by atoms with van der Waals surface area (Å²) in [6.45, 7) is 10.1. The molecule has 0 aromatic heterocycles. The lowest BCUT2D eigenvalue weighted by Crippen LogP contribution is -2.46. The van der Waals surface area contributed by atoms with Crippen molar-refractivity contribution in [1.82, 2.24) is 4.90 Å². The third-order valence-corrected chi connectivity index (χ3v) is 4.26. The summed E-state index contributed by atoms with van der Waals surface area (Å²) >= 11 is 0. The molecular weight excluding hydrogens is 288 g/mol. The van der Waals surface area contributed by atoms with Crippen LogP contribution >= 0.6 is 0 Å². The normalized spacial score (nSPS) is 18.5. The highest BCUT2D eigenvalue weighted by Gasteiger charge is 2.23. The molecular formula is C19H30N2O2. The first-order valence-electron chi connectivity index (χ1n) is 8.71. The first kappa shape index (κ1) is 17.8. The van der Waals surface area contributed by atoms with Crippen LogP contribution in [0.15, 0.2) is 24.3 Å². The maximum absolute atomic E-state index is 12.2. The Morgan fingerprint density at radius 3 is 2.57 bits per heavy atom. The fourth-order valence-corrected chi connectivity index (χ4v) is 2.85. The molecule has 0 spiro atoms. The minimum absolute atomic E-state index is 0.0946. The number of ether oxygens (including phenoxy) is 1. The molecule has 1 saturated heterocycles. The molecule has 2 rings (SSSR count). The number of hydrogen-bond donors (Lipinski definition) is 1. The summed E-state index contributed by atoms with van der Waals surface area (Å²) in [5.41, 5.74) is 2.48. The van der Waals surface area contributed by atoms with Crippen LogP contribution < -0.4 is 5.32 Å². The van der Waals surface area contributed by atoms with E-state index in [0.29, 0.717) is 12.0 Å². The van der Waals surface area contributed by atoms with Crippen molar-refractivity contribution < 1.29 is 9.53 Å². The number of nitrogens with one attached hydrogen (secondary N) is 1. The van der Waals surface area contributed by atoms with Crippen molar-refractivity contribution in [2.75, 3.05) is 25.0 Å². The molecule has 4 nitrogen and oxygen atoms in total. The lowest BCUT2D eigenvalue weighted by atomic mass is 10.0. The van der Waals surface area contributed by atoms with Gasteiger partial charge in [-0.2, -0.15) is 0 Å². The van der Waals surface area contributed by atoms with Gasteiger partial charge in [0.1, 0.15) is 6.61 Å². The zero-order valence-corrected chi connectivity index (χ0v) is 14.8. The topological polar surface area (TPSA) is 41.6 Å². The van der Waals surface area contributed by atoms with Crippen LogP contribution in [0.1, 0.15) is 52.0 Å². The summed E-state index contributed by atoms with van der Waals surface area (Å²) in [6.07, 6.45) is 2.23. The lowest BCUT2D eigenvalue weighted by molar-refractivity contribution is -0.138. The Balaban J connectivity index is 1.87. The van der Waals surface area contributed by atoms with Gasteiger partial charge in [0.15, 0.2) is 0 Å². The van der Waals surface area contributed by atoms with E-state index in [9.17, 15) is 4.79 Å². The minimum Gasteiger partial charge on any atom is -0.381 e. The van der Waals surface area contributed by atoms with Gasteiger partial charge in [-0.1, -0.05) is 26.0 Å². The van der Waals surface area contributed by atoms with Crippen LogP contribution in [0.4, 0.5) is 5.69 Å². The largest absolute Gasteiger partial charge is 0.381 e. The van der Waals surface area contributed by atoms with E-state index in [4.69, 9.17) is 4.74 Å². The molecule has 1 aliphatic rings. The standard InChI is InChI=1S/C19H30N2O2/c1-14(2)16-7-9-17(10-8-16)20-18-6-5-11-21(12-18)19(22)13-23-15(3)4/h7-10,14-15,18,20H,5-6,11-13H2,1-4H3/t18-/m0/s1. The number of anilines is 1. The van der Waals surface area contributed by atoms with Crippen LogP contribution in [0.3, 0.4) is 0 Å². The summed E-state index contributed by atoms with van der Waals surface area (Å²) in [6, 6.07) is 8.94. The number of hydrogen-bond acceptors (Lipinski definition) is 3. The van der Waals surface area contributed by atoms with Crippen LogP contribution in [-0.2, 0) is 9.53 Å². The average Bonchev–Trinajstić information content (AvgIpc) is 2.53. The maximum atomic E-state index is 12.2. The number of carbonyl (C=O) groups is 1. The Kier molecular flexibility index (Phi) is 6.46. The summed E-state index contributed by atoms with van der Waals surface area (Å²) in [5.74, 6) is 0.646. The fourth-order valence-electron chi connectivity index (χ4n) is 2.85. The Hall–Kier alpha value is -1.55. The Morgan fingerprint density at radius 1 is 1.26 bits per heavy atom. The van der Waals surface area contributed by atoms with Crippen LogP contribution in [0, 0.1) is 0 Å². The number of nitrogens with zero attached hydrogens (tertiary/aromatic N) is 1. The average molecular weight is 318 g/mol. The summed E-state index contributed by atoms with van der Waals surface area (Å²) in [7, 11) is 0. The fraction of sp³-hybridized carbons (Fsp3) is 0.632. The number of likely N-dealkylation sites (tertiary alicyclic amines) is 1. The second kappa shape index (κ2) is 8.34. The minimum atomic E-state index is 0.0946. The van der Waals surface area contributed by atoms with Gasteiger partial charge in [0.25, 0.3) is 0 Å². The Bertz CT molecular complexity index is 497. The zero-order chi connectivity index (χ0) is 16.8. The van der Waals surface area contributed by atoms with E-state index in [2.05, 4.69) is 43.4 Å². The van der Waals surface area contributed by atoms with E-state index < -0.39 is 0 Å². The van der Waals surface area contributed by atoms with Crippen molar-refractivity contribution in [2.24, 2.45) is 0 Å². The van der Waals surface area contributed by atoms with Gasteiger partial charge in [-0.05, 0) is 50.3 Å². The van der Waals surface area contributed by atoms with Crippen molar-refractivity contribution in [3.63, 3.8) is 0 Å². The van der Waals surface area contributed by atoms with Gasteiger partial charge >= 0.3 is 0 Å². The maximum Gasteiger partial charge on any atom is 0.248 e. The third-order valence-electron chi connectivity index (χ3n) is 4.26. The third kappa shape index (κ3) is 5.54. The van der Waals surface area contributed by atoms with Crippen LogP contribution in [0.25, 0.3) is 0 Å². The van der Waals surface area contributed by atoms with Gasteiger partial charge < -0.3 is 15.0 Å². The molecule has 1 atom stereocenters. The van der Waals surface area contributed by atoms with E-state index >= 15 is 0 Å². The highest BCUT2D eigenvalue weighted by molar-refractivity contribution is 5.77. The molecule has 0 unspecified atom stereocenters. The van der Waals surface area contributed by atoms with E-state index in [1.165, 1.54) is 5.56 Å². The van der Waals surface area contributed by atoms with Gasteiger partial charge in [-0.15, -0.1) is 0 Å². The second-order valence-corrected chi connectivity index (χ2v) is 6.96. The predicted molar refractivity (Wildman–Crippen MR) is 94.8 cm³/mol. The monoisotopic (exact) mass is 318 g/mol. The number of piperidine rings is 1. The van der Waals surface area contributed by atoms with Crippen LogP contribution in [0.2, 0.25) is 0 Å².